The van der Waals surface area contributed by atoms with Crippen LogP contribution in [0, 0.1) is 6.92 Å². The van der Waals surface area contributed by atoms with Gasteiger partial charge in [0.15, 0.2) is 4.34 Å². The number of hydrogen-bond acceptors (Lipinski definition) is 5. The largest absolute Gasteiger partial charge is 0.369 e. The predicted octanol–water partition coefficient (Wildman–Crippen LogP) is 3.01. The Hall–Kier alpha value is -1.86. The Bertz CT molecular complexity index is 729. The highest BCUT2D eigenvalue weighted by molar-refractivity contribution is 8.01. The van der Waals surface area contributed by atoms with Crippen LogP contribution in [0.1, 0.15) is 30.0 Å². The van der Waals surface area contributed by atoms with Gasteiger partial charge in [0.2, 0.25) is 11.8 Å². The topological polar surface area (TPSA) is 76.3 Å². The highest BCUT2D eigenvalue weighted by atomic mass is 32.2. The molecule has 0 aliphatic heterocycles. The number of amides is 2. The Morgan fingerprint density at radius 1 is 1.28 bits per heavy atom. The number of thiazole rings is 1. The monoisotopic (exact) mass is 377 g/mol. The molecule has 1 heterocycles. The average Bonchev–Trinajstić information content (AvgIpc) is 2.90. The molecule has 0 bridgehead atoms. The maximum atomic E-state index is 12.6. The van der Waals surface area contributed by atoms with E-state index in [1.54, 1.807) is 0 Å². The molecule has 2 amide bonds. The fourth-order valence-corrected chi connectivity index (χ4v) is 4.46. The van der Waals surface area contributed by atoms with Gasteiger partial charge in [0, 0.05) is 17.5 Å². The Morgan fingerprint density at radius 2 is 1.96 bits per heavy atom. The van der Waals surface area contributed by atoms with E-state index in [1.807, 2.05) is 56.0 Å². The summed E-state index contributed by atoms with van der Waals surface area (Å²) < 4.78 is 0.797. The summed E-state index contributed by atoms with van der Waals surface area (Å²) in [5.41, 5.74) is 7.17. The minimum atomic E-state index is -0.367. The summed E-state index contributed by atoms with van der Waals surface area (Å²) in [5, 5.41) is 0. The number of nitrogens with two attached hydrogens (primary N) is 1. The number of benzene rings is 1. The van der Waals surface area contributed by atoms with Crippen molar-refractivity contribution in [2.24, 2.45) is 5.73 Å². The number of carbonyl (C=O) groups is 2. The quantitative estimate of drug-likeness (QED) is 0.718. The molecule has 1 aromatic carbocycles. The first-order valence-corrected chi connectivity index (χ1v) is 9.87. The van der Waals surface area contributed by atoms with E-state index in [0.717, 1.165) is 20.5 Å². The highest BCUT2D eigenvalue weighted by Crippen LogP contribution is 2.28. The molecule has 0 spiro atoms. The Labute approximate surface area is 156 Å². The lowest BCUT2D eigenvalue weighted by molar-refractivity contribution is -0.130. The van der Waals surface area contributed by atoms with Crippen LogP contribution in [-0.2, 0) is 22.6 Å². The van der Waals surface area contributed by atoms with Crippen LogP contribution in [-0.4, -0.2) is 33.5 Å². The summed E-state index contributed by atoms with van der Waals surface area (Å²) in [7, 11) is 0. The Morgan fingerprint density at radius 3 is 2.56 bits per heavy atom. The van der Waals surface area contributed by atoms with Crippen molar-refractivity contribution < 1.29 is 9.59 Å². The van der Waals surface area contributed by atoms with Crippen LogP contribution in [0.25, 0.3) is 0 Å². The Kier molecular flexibility index (Phi) is 7.01. The van der Waals surface area contributed by atoms with E-state index in [-0.39, 0.29) is 24.3 Å². The second-order valence-corrected chi connectivity index (χ2v) is 8.33. The molecule has 1 aromatic heterocycles. The number of nitrogens with zero attached hydrogens (tertiary/aromatic N) is 2. The van der Waals surface area contributed by atoms with E-state index in [1.165, 1.54) is 23.1 Å². The lowest BCUT2D eigenvalue weighted by Crippen LogP contribution is -2.37. The van der Waals surface area contributed by atoms with Crippen molar-refractivity contribution in [1.82, 2.24) is 9.88 Å². The lowest BCUT2D eigenvalue weighted by Gasteiger charge is -2.26. The van der Waals surface area contributed by atoms with Crippen LogP contribution >= 0.6 is 23.1 Å². The van der Waals surface area contributed by atoms with Gasteiger partial charge in [-0.25, -0.2) is 4.98 Å². The highest BCUT2D eigenvalue weighted by Gasteiger charge is 2.19. The molecule has 134 valence electrons. The summed E-state index contributed by atoms with van der Waals surface area (Å²) in [6.45, 7) is 6.49. The first-order valence-electron chi connectivity index (χ1n) is 8.07. The summed E-state index contributed by atoms with van der Waals surface area (Å²) in [5.74, 6) is 0.0370. The van der Waals surface area contributed by atoms with Gasteiger partial charge in [-0.3, -0.25) is 9.59 Å². The zero-order valence-electron chi connectivity index (χ0n) is 14.7. The van der Waals surface area contributed by atoms with Crippen LogP contribution in [0.5, 0.6) is 0 Å². The van der Waals surface area contributed by atoms with E-state index >= 15 is 0 Å². The van der Waals surface area contributed by atoms with Crippen molar-refractivity contribution in [1.29, 1.82) is 0 Å². The molecule has 0 unspecified atom stereocenters. The number of carbonyl (C=O) groups excluding carboxylic acids is 2. The summed E-state index contributed by atoms with van der Waals surface area (Å²) in [6, 6.07) is 10.1. The third kappa shape index (κ3) is 5.86. The van der Waals surface area contributed by atoms with Crippen LogP contribution in [0.2, 0.25) is 0 Å². The molecular formula is C18H23N3O2S2. The molecule has 2 N–H and O–H groups in total. The summed E-state index contributed by atoms with van der Waals surface area (Å²) in [4.78, 5) is 30.9. The smallest absolute Gasteiger partial charge is 0.233 e. The van der Waals surface area contributed by atoms with E-state index in [0.29, 0.717) is 12.3 Å². The molecule has 0 radical (unpaired) electrons. The van der Waals surface area contributed by atoms with E-state index < -0.39 is 0 Å². The number of aryl methyl sites for hydroxylation is 1. The van der Waals surface area contributed by atoms with Crippen molar-refractivity contribution in [2.45, 2.75) is 44.1 Å². The molecule has 2 rings (SSSR count). The van der Waals surface area contributed by atoms with Crippen molar-refractivity contribution in [3.05, 3.63) is 46.5 Å². The fourth-order valence-electron chi connectivity index (χ4n) is 2.33. The fraction of sp³-hybridized carbons (Fsp3) is 0.389. The van der Waals surface area contributed by atoms with Crippen molar-refractivity contribution in [3.8, 4) is 0 Å². The summed E-state index contributed by atoms with van der Waals surface area (Å²) in [6.07, 6.45) is 0.199. The molecule has 7 heteroatoms. The maximum absolute atomic E-state index is 12.6. The van der Waals surface area contributed by atoms with Gasteiger partial charge in [0.25, 0.3) is 0 Å². The van der Waals surface area contributed by atoms with Gasteiger partial charge in [0.05, 0.1) is 17.9 Å². The van der Waals surface area contributed by atoms with Gasteiger partial charge >= 0.3 is 0 Å². The van der Waals surface area contributed by atoms with Gasteiger partial charge in [-0.2, -0.15) is 0 Å². The number of primary amides is 1. The maximum Gasteiger partial charge on any atom is 0.233 e. The van der Waals surface area contributed by atoms with Gasteiger partial charge in [-0.15, -0.1) is 11.3 Å². The van der Waals surface area contributed by atoms with E-state index in [4.69, 9.17) is 5.73 Å². The van der Waals surface area contributed by atoms with Gasteiger partial charge in [-0.05, 0) is 26.3 Å². The second kappa shape index (κ2) is 9.01. The van der Waals surface area contributed by atoms with Crippen molar-refractivity contribution in [2.75, 3.05) is 5.75 Å². The average molecular weight is 378 g/mol. The second-order valence-electron chi connectivity index (χ2n) is 6.02. The van der Waals surface area contributed by atoms with Gasteiger partial charge in [0.1, 0.15) is 0 Å². The third-order valence-electron chi connectivity index (χ3n) is 3.67. The molecule has 0 saturated heterocycles. The third-order valence-corrected chi connectivity index (χ3v) is 5.95. The molecule has 0 saturated carbocycles. The molecule has 0 aliphatic carbocycles. The molecule has 2 aromatic rings. The minimum absolute atomic E-state index is 0.0770. The molecular weight excluding hydrogens is 354 g/mol. The van der Waals surface area contributed by atoms with E-state index in [2.05, 4.69) is 4.98 Å². The van der Waals surface area contributed by atoms with Crippen LogP contribution in [0.3, 0.4) is 0 Å². The summed E-state index contributed by atoms with van der Waals surface area (Å²) >= 11 is 2.85. The zero-order chi connectivity index (χ0) is 18.4. The normalized spacial score (nSPS) is 10.9. The number of hydrogen-bond donors (Lipinski definition) is 1. The molecule has 0 atom stereocenters. The Balaban J connectivity index is 1.98. The first-order chi connectivity index (χ1) is 11.9. The first kappa shape index (κ1) is 19.5. The SMILES string of the molecule is Cc1nc(SCC(=O)N(Cc2ccccc2)C(C)C)sc1CC(N)=O. The lowest BCUT2D eigenvalue weighted by atomic mass is 10.2. The standard InChI is InChI=1S/C18H23N3O2S2/c1-12(2)21(10-14-7-5-4-6-8-14)17(23)11-24-18-20-13(3)15(25-18)9-16(19)22/h4-8,12H,9-11H2,1-3H3,(H2,19,22). The van der Waals surface area contributed by atoms with Crippen molar-refractivity contribution >= 4 is 34.9 Å². The van der Waals surface area contributed by atoms with Gasteiger partial charge < -0.3 is 10.6 Å². The molecule has 25 heavy (non-hydrogen) atoms. The number of aromatic nitrogens is 1. The van der Waals surface area contributed by atoms with E-state index in [9.17, 15) is 9.59 Å². The molecule has 5 nitrogen and oxygen atoms in total. The van der Waals surface area contributed by atoms with Crippen molar-refractivity contribution in [3.63, 3.8) is 0 Å². The molecule has 0 fully saturated rings. The number of rotatable bonds is 8. The number of thioether (sulfide) groups is 1. The van der Waals surface area contributed by atoms with Gasteiger partial charge in [-0.1, -0.05) is 42.1 Å². The zero-order valence-corrected chi connectivity index (χ0v) is 16.3. The molecule has 0 aliphatic rings. The predicted molar refractivity (Wildman–Crippen MR) is 103 cm³/mol. The van der Waals surface area contributed by atoms with Crippen LogP contribution in [0.15, 0.2) is 34.7 Å². The minimum Gasteiger partial charge on any atom is -0.369 e. The van der Waals surface area contributed by atoms with Crippen LogP contribution < -0.4 is 5.73 Å². The van der Waals surface area contributed by atoms with Crippen LogP contribution in [0.4, 0.5) is 0 Å².